The van der Waals surface area contributed by atoms with E-state index in [0.29, 0.717) is 11.4 Å². The Hall–Kier alpha value is -2.34. The fourth-order valence-electron chi connectivity index (χ4n) is 1.63. The second-order valence-corrected chi connectivity index (χ2v) is 5.13. The number of hydrogen-bond acceptors (Lipinski definition) is 5. The van der Waals surface area contributed by atoms with Gasteiger partial charge in [0.2, 0.25) is 0 Å². The summed E-state index contributed by atoms with van der Waals surface area (Å²) in [4.78, 5) is 23.7. The lowest BCUT2D eigenvalue weighted by Crippen LogP contribution is -2.28. The molecule has 6 heteroatoms. The molecule has 2 rings (SSSR count). The molecule has 0 radical (unpaired) electrons. The van der Waals surface area contributed by atoms with Crippen LogP contribution in [0, 0.1) is 0 Å². The van der Waals surface area contributed by atoms with Crippen LogP contribution in [0.5, 0.6) is 5.75 Å². The SMILES string of the molecule is COc1cccc(CNC(=O)COC(=O)c2cccs2)c1. The Morgan fingerprint density at radius 1 is 1.24 bits per heavy atom. The van der Waals surface area contributed by atoms with E-state index < -0.39 is 5.97 Å². The molecule has 0 unspecified atom stereocenters. The van der Waals surface area contributed by atoms with Crippen LogP contribution in [0.2, 0.25) is 0 Å². The van der Waals surface area contributed by atoms with Crippen LogP contribution in [0.25, 0.3) is 0 Å². The van der Waals surface area contributed by atoms with Crippen molar-refractivity contribution in [3.8, 4) is 5.75 Å². The van der Waals surface area contributed by atoms with E-state index in [2.05, 4.69) is 5.32 Å². The quantitative estimate of drug-likeness (QED) is 0.831. The molecule has 0 spiro atoms. The van der Waals surface area contributed by atoms with Gasteiger partial charge in [0.05, 0.1) is 7.11 Å². The maximum absolute atomic E-state index is 11.6. The van der Waals surface area contributed by atoms with Crippen LogP contribution in [0.1, 0.15) is 15.2 Å². The van der Waals surface area contributed by atoms with Crippen molar-refractivity contribution in [3.63, 3.8) is 0 Å². The molecule has 110 valence electrons. The molecule has 0 aliphatic heterocycles. The minimum atomic E-state index is -0.485. The van der Waals surface area contributed by atoms with Gasteiger partial charge in [-0.25, -0.2) is 4.79 Å². The Morgan fingerprint density at radius 2 is 2.10 bits per heavy atom. The first-order valence-electron chi connectivity index (χ1n) is 6.29. The molecule has 0 fully saturated rings. The predicted molar refractivity (Wildman–Crippen MR) is 79.4 cm³/mol. The number of carbonyl (C=O) groups excluding carboxylic acids is 2. The highest BCUT2D eigenvalue weighted by atomic mass is 32.1. The van der Waals surface area contributed by atoms with E-state index in [9.17, 15) is 9.59 Å². The Balaban J connectivity index is 1.75. The first-order valence-corrected chi connectivity index (χ1v) is 7.17. The lowest BCUT2D eigenvalue weighted by Gasteiger charge is -2.07. The summed E-state index contributed by atoms with van der Waals surface area (Å²) in [6.07, 6.45) is 0. The smallest absolute Gasteiger partial charge is 0.348 e. The molecule has 1 aromatic carbocycles. The molecule has 0 bridgehead atoms. The number of benzene rings is 1. The molecule has 0 saturated carbocycles. The van der Waals surface area contributed by atoms with Crippen molar-refractivity contribution in [3.05, 3.63) is 52.2 Å². The summed E-state index contributed by atoms with van der Waals surface area (Å²) in [5.74, 6) is -0.102. The molecule has 1 heterocycles. The van der Waals surface area contributed by atoms with Gasteiger partial charge in [0.15, 0.2) is 6.61 Å². The summed E-state index contributed by atoms with van der Waals surface area (Å²) in [5, 5.41) is 4.46. The van der Waals surface area contributed by atoms with E-state index in [4.69, 9.17) is 9.47 Å². The van der Waals surface area contributed by atoms with Crippen LogP contribution in [0.15, 0.2) is 41.8 Å². The van der Waals surface area contributed by atoms with Gasteiger partial charge < -0.3 is 14.8 Å². The fraction of sp³-hybridized carbons (Fsp3) is 0.200. The van der Waals surface area contributed by atoms with E-state index in [1.54, 1.807) is 24.6 Å². The maximum Gasteiger partial charge on any atom is 0.348 e. The molecular weight excluding hydrogens is 290 g/mol. The third-order valence-electron chi connectivity index (χ3n) is 2.68. The minimum Gasteiger partial charge on any atom is -0.497 e. The average Bonchev–Trinajstić information content (AvgIpc) is 3.05. The van der Waals surface area contributed by atoms with E-state index >= 15 is 0 Å². The van der Waals surface area contributed by atoms with Gasteiger partial charge in [0, 0.05) is 6.54 Å². The number of thiophene rings is 1. The lowest BCUT2D eigenvalue weighted by atomic mass is 10.2. The molecule has 1 N–H and O–H groups in total. The van der Waals surface area contributed by atoms with Gasteiger partial charge in [-0.05, 0) is 29.1 Å². The molecule has 1 amide bonds. The van der Waals surface area contributed by atoms with E-state index in [1.807, 2.05) is 24.3 Å². The number of rotatable bonds is 6. The van der Waals surface area contributed by atoms with Gasteiger partial charge in [-0.2, -0.15) is 0 Å². The Labute approximate surface area is 126 Å². The summed E-state index contributed by atoms with van der Waals surface area (Å²) in [6.45, 7) is 0.0628. The molecular formula is C15H15NO4S. The average molecular weight is 305 g/mol. The zero-order valence-electron chi connectivity index (χ0n) is 11.5. The van der Waals surface area contributed by atoms with Crippen LogP contribution in [0.3, 0.4) is 0 Å². The first-order chi connectivity index (χ1) is 10.2. The monoisotopic (exact) mass is 305 g/mol. The summed E-state index contributed by atoms with van der Waals surface area (Å²) in [5.41, 5.74) is 0.910. The van der Waals surface area contributed by atoms with Crippen LogP contribution >= 0.6 is 11.3 Å². The minimum absolute atomic E-state index is 0.291. The van der Waals surface area contributed by atoms with Crippen LogP contribution in [-0.2, 0) is 16.1 Å². The molecule has 0 aliphatic rings. The zero-order valence-corrected chi connectivity index (χ0v) is 12.3. The van der Waals surface area contributed by atoms with Crippen molar-refractivity contribution in [1.29, 1.82) is 0 Å². The Bertz CT molecular complexity index is 610. The molecule has 2 aromatic rings. The van der Waals surface area contributed by atoms with E-state index in [1.165, 1.54) is 11.3 Å². The van der Waals surface area contributed by atoms with Gasteiger partial charge in [0.25, 0.3) is 5.91 Å². The highest BCUT2D eigenvalue weighted by molar-refractivity contribution is 7.11. The summed E-state index contributed by atoms with van der Waals surface area (Å²) in [6, 6.07) is 10.8. The lowest BCUT2D eigenvalue weighted by molar-refractivity contribution is -0.124. The van der Waals surface area contributed by atoms with Crippen molar-refractivity contribution in [2.24, 2.45) is 0 Å². The summed E-state index contributed by atoms with van der Waals surface area (Å²) >= 11 is 1.28. The van der Waals surface area contributed by atoms with E-state index in [0.717, 1.165) is 11.3 Å². The van der Waals surface area contributed by atoms with Gasteiger partial charge in [-0.3, -0.25) is 4.79 Å². The molecule has 0 saturated heterocycles. The van der Waals surface area contributed by atoms with Crippen LogP contribution in [-0.4, -0.2) is 25.6 Å². The third-order valence-corrected chi connectivity index (χ3v) is 3.53. The molecule has 0 aliphatic carbocycles. The summed E-state index contributed by atoms with van der Waals surface area (Å²) < 4.78 is 10.0. The van der Waals surface area contributed by atoms with Crippen LogP contribution in [0.4, 0.5) is 0 Å². The number of amides is 1. The van der Waals surface area contributed by atoms with Crippen molar-refractivity contribution in [2.45, 2.75) is 6.54 Å². The molecule has 1 aromatic heterocycles. The molecule has 0 atom stereocenters. The van der Waals surface area contributed by atoms with Crippen molar-refractivity contribution < 1.29 is 19.1 Å². The maximum atomic E-state index is 11.6. The van der Waals surface area contributed by atoms with Crippen molar-refractivity contribution in [2.75, 3.05) is 13.7 Å². The number of hydrogen-bond donors (Lipinski definition) is 1. The number of ether oxygens (including phenoxy) is 2. The largest absolute Gasteiger partial charge is 0.497 e. The Morgan fingerprint density at radius 3 is 2.81 bits per heavy atom. The highest BCUT2D eigenvalue weighted by Gasteiger charge is 2.10. The number of nitrogens with one attached hydrogen (secondary N) is 1. The normalized spacial score (nSPS) is 9.95. The number of methoxy groups -OCH3 is 1. The van der Waals surface area contributed by atoms with Crippen LogP contribution < -0.4 is 10.1 Å². The standard InChI is InChI=1S/C15H15NO4S/c1-19-12-5-2-4-11(8-12)9-16-14(17)10-20-15(18)13-6-3-7-21-13/h2-8H,9-10H2,1H3,(H,16,17). The van der Waals surface area contributed by atoms with Gasteiger partial charge in [-0.1, -0.05) is 18.2 Å². The summed E-state index contributed by atoms with van der Waals surface area (Å²) in [7, 11) is 1.59. The Kier molecular flexibility index (Phi) is 5.34. The first kappa shape index (κ1) is 15.1. The number of esters is 1. The molecule has 21 heavy (non-hydrogen) atoms. The van der Waals surface area contributed by atoms with E-state index in [-0.39, 0.29) is 12.5 Å². The van der Waals surface area contributed by atoms with Gasteiger partial charge >= 0.3 is 5.97 Å². The molecule has 5 nitrogen and oxygen atoms in total. The predicted octanol–water partition coefficient (Wildman–Crippen LogP) is 2.23. The van der Waals surface area contributed by atoms with Gasteiger partial charge in [0.1, 0.15) is 10.6 Å². The fourth-order valence-corrected chi connectivity index (χ4v) is 2.25. The topological polar surface area (TPSA) is 64.6 Å². The second kappa shape index (κ2) is 7.44. The van der Waals surface area contributed by atoms with Gasteiger partial charge in [-0.15, -0.1) is 11.3 Å². The highest BCUT2D eigenvalue weighted by Crippen LogP contribution is 2.12. The van der Waals surface area contributed by atoms with Crippen molar-refractivity contribution >= 4 is 23.2 Å². The van der Waals surface area contributed by atoms with Crippen molar-refractivity contribution in [1.82, 2.24) is 5.32 Å². The zero-order chi connectivity index (χ0) is 15.1. The number of carbonyl (C=O) groups is 2. The second-order valence-electron chi connectivity index (χ2n) is 4.18. The third kappa shape index (κ3) is 4.61.